The summed E-state index contributed by atoms with van der Waals surface area (Å²) < 4.78 is 0. The molecule has 0 saturated heterocycles. The van der Waals surface area contributed by atoms with E-state index in [1.807, 2.05) is 0 Å². The molecule has 0 fully saturated rings. The number of hydrogen-bond acceptors (Lipinski definition) is 5. The molecule has 0 radical (unpaired) electrons. The monoisotopic (exact) mass is 287 g/mol. The van der Waals surface area contributed by atoms with E-state index in [2.05, 4.69) is 11.6 Å². The lowest BCUT2D eigenvalue weighted by molar-refractivity contribution is -0.383. The number of hydrogen-bond donors (Lipinski definition) is 1. The fourth-order valence-corrected chi connectivity index (χ4v) is 2.16. The van der Waals surface area contributed by atoms with Gasteiger partial charge in [0.25, 0.3) is 5.69 Å². The van der Waals surface area contributed by atoms with E-state index in [-0.39, 0.29) is 12.2 Å². The van der Waals surface area contributed by atoms with Gasteiger partial charge in [-0.3, -0.25) is 19.9 Å². The van der Waals surface area contributed by atoms with Gasteiger partial charge >= 0.3 is 5.97 Å². The number of aromatic nitrogens is 1. The molecule has 21 heavy (non-hydrogen) atoms. The van der Waals surface area contributed by atoms with Crippen LogP contribution in [-0.2, 0) is 4.79 Å². The Morgan fingerprint density at radius 1 is 1.43 bits per heavy atom. The van der Waals surface area contributed by atoms with Gasteiger partial charge in [0.1, 0.15) is 6.54 Å². The first-order chi connectivity index (χ1) is 10.0. The number of benzene rings is 1. The van der Waals surface area contributed by atoms with Gasteiger partial charge in [0.2, 0.25) is 0 Å². The Balaban J connectivity index is 2.63. The largest absolute Gasteiger partial charge is 0.480 e. The maximum atomic E-state index is 11.1. The molecule has 0 bridgehead atoms. The Labute approximate surface area is 120 Å². The zero-order chi connectivity index (χ0) is 15.4. The summed E-state index contributed by atoms with van der Waals surface area (Å²) in [5.41, 5.74) is 0.538. The van der Waals surface area contributed by atoms with E-state index in [4.69, 9.17) is 5.11 Å². The van der Waals surface area contributed by atoms with Crippen LogP contribution in [0.25, 0.3) is 10.8 Å². The van der Waals surface area contributed by atoms with Gasteiger partial charge in [-0.1, -0.05) is 6.08 Å². The highest BCUT2D eigenvalue weighted by molar-refractivity contribution is 6.00. The summed E-state index contributed by atoms with van der Waals surface area (Å²) in [6, 6.07) is 4.54. The van der Waals surface area contributed by atoms with Gasteiger partial charge in [-0.05, 0) is 12.1 Å². The standard InChI is InChI=1S/C14H13N3O4/c1-2-7-16(9-14(18)19)12-3-4-13(17(20)21)11-8-15-6-5-10(11)12/h2-6,8H,1,7,9H2,(H,18,19). The second-order valence-electron chi connectivity index (χ2n) is 4.35. The summed E-state index contributed by atoms with van der Waals surface area (Å²) in [5, 5.41) is 21.0. The van der Waals surface area contributed by atoms with Crippen LogP contribution in [0, 0.1) is 10.1 Å². The van der Waals surface area contributed by atoms with Gasteiger partial charge in [-0.15, -0.1) is 6.58 Å². The Morgan fingerprint density at radius 2 is 2.19 bits per heavy atom. The second-order valence-corrected chi connectivity index (χ2v) is 4.35. The SMILES string of the molecule is C=CCN(CC(=O)O)c1ccc([N+](=O)[O-])c2cnccc12. The second kappa shape index (κ2) is 6.00. The Morgan fingerprint density at radius 3 is 2.81 bits per heavy atom. The molecule has 0 amide bonds. The number of pyridine rings is 1. The Bertz CT molecular complexity index is 714. The molecule has 0 aliphatic rings. The molecular formula is C14H13N3O4. The van der Waals surface area contributed by atoms with Crippen LogP contribution >= 0.6 is 0 Å². The maximum absolute atomic E-state index is 11.1. The third kappa shape index (κ3) is 2.97. The van der Waals surface area contributed by atoms with Crippen LogP contribution < -0.4 is 4.90 Å². The summed E-state index contributed by atoms with van der Waals surface area (Å²) in [5.74, 6) is -0.989. The van der Waals surface area contributed by atoms with Gasteiger partial charge in [-0.2, -0.15) is 0 Å². The van der Waals surface area contributed by atoms with Crippen LogP contribution in [0.4, 0.5) is 11.4 Å². The molecule has 108 valence electrons. The number of fused-ring (bicyclic) bond motifs is 1. The topological polar surface area (TPSA) is 96.6 Å². The molecule has 2 aromatic rings. The fraction of sp³-hybridized carbons (Fsp3) is 0.143. The first kappa shape index (κ1) is 14.4. The van der Waals surface area contributed by atoms with Crippen molar-refractivity contribution in [1.29, 1.82) is 0 Å². The highest BCUT2D eigenvalue weighted by Gasteiger charge is 2.18. The molecule has 1 N–H and O–H groups in total. The van der Waals surface area contributed by atoms with Crippen molar-refractivity contribution in [1.82, 2.24) is 4.98 Å². The van der Waals surface area contributed by atoms with Crippen LogP contribution in [0.15, 0.2) is 43.2 Å². The van der Waals surface area contributed by atoms with Crippen molar-refractivity contribution < 1.29 is 14.8 Å². The average molecular weight is 287 g/mol. The van der Waals surface area contributed by atoms with Gasteiger partial charge in [-0.25, -0.2) is 0 Å². The summed E-state index contributed by atoms with van der Waals surface area (Å²) >= 11 is 0. The summed E-state index contributed by atoms with van der Waals surface area (Å²) in [6.07, 6.45) is 4.50. The molecule has 1 heterocycles. The molecular weight excluding hydrogens is 274 g/mol. The van der Waals surface area contributed by atoms with E-state index in [1.54, 1.807) is 23.1 Å². The van der Waals surface area contributed by atoms with Gasteiger partial charge < -0.3 is 10.0 Å². The first-order valence-corrected chi connectivity index (χ1v) is 6.13. The lowest BCUT2D eigenvalue weighted by Gasteiger charge is -2.22. The molecule has 1 aromatic heterocycles. The number of rotatable bonds is 6. The zero-order valence-electron chi connectivity index (χ0n) is 11.1. The number of nitro benzene ring substituents is 1. The van der Waals surface area contributed by atoms with Gasteiger partial charge in [0, 0.05) is 36.1 Å². The lowest BCUT2D eigenvalue weighted by atomic mass is 10.1. The van der Waals surface area contributed by atoms with Crippen LogP contribution in [0.1, 0.15) is 0 Å². The third-order valence-electron chi connectivity index (χ3n) is 2.99. The Kier molecular flexibility index (Phi) is 4.13. The van der Waals surface area contributed by atoms with E-state index in [0.717, 1.165) is 0 Å². The highest BCUT2D eigenvalue weighted by Crippen LogP contribution is 2.32. The molecule has 0 aliphatic heterocycles. The van der Waals surface area contributed by atoms with E-state index in [0.29, 0.717) is 23.0 Å². The van der Waals surface area contributed by atoms with Crippen molar-refractivity contribution in [2.24, 2.45) is 0 Å². The van der Waals surface area contributed by atoms with E-state index >= 15 is 0 Å². The number of carboxylic acids is 1. The zero-order valence-corrected chi connectivity index (χ0v) is 11.1. The van der Waals surface area contributed by atoms with Crippen LogP contribution in [0.3, 0.4) is 0 Å². The minimum Gasteiger partial charge on any atom is -0.480 e. The fourth-order valence-electron chi connectivity index (χ4n) is 2.16. The van der Waals surface area contributed by atoms with E-state index < -0.39 is 10.9 Å². The first-order valence-electron chi connectivity index (χ1n) is 6.13. The molecule has 0 spiro atoms. The van der Waals surface area contributed by atoms with Crippen molar-refractivity contribution in [3.05, 3.63) is 53.4 Å². The third-order valence-corrected chi connectivity index (χ3v) is 2.99. The van der Waals surface area contributed by atoms with Crippen LogP contribution in [0.2, 0.25) is 0 Å². The van der Waals surface area contributed by atoms with Gasteiger partial charge in [0.15, 0.2) is 0 Å². The van der Waals surface area contributed by atoms with Crippen molar-refractivity contribution in [3.8, 4) is 0 Å². The molecule has 0 atom stereocenters. The summed E-state index contributed by atoms with van der Waals surface area (Å²) in [6.45, 7) is 3.70. The number of carbonyl (C=O) groups is 1. The van der Waals surface area contributed by atoms with E-state index in [9.17, 15) is 14.9 Å². The predicted molar refractivity (Wildman–Crippen MR) is 78.4 cm³/mol. The molecule has 7 nitrogen and oxygen atoms in total. The minimum atomic E-state index is -0.989. The average Bonchev–Trinajstić information content (AvgIpc) is 2.45. The molecule has 0 saturated carbocycles. The van der Waals surface area contributed by atoms with Crippen molar-refractivity contribution in [3.63, 3.8) is 0 Å². The van der Waals surface area contributed by atoms with Crippen molar-refractivity contribution in [2.45, 2.75) is 0 Å². The number of nitrogens with zero attached hydrogens (tertiary/aromatic N) is 3. The highest BCUT2D eigenvalue weighted by atomic mass is 16.6. The smallest absolute Gasteiger partial charge is 0.323 e. The van der Waals surface area contributed by atoms with Crippen molar-refractivity contribution >= 4 is 28.1 Å². The number of nitro groups is 1. The van der Waals surface area contributed by atoms with Gasteiger partial charge in [0.05, 0.1) is 10.3 Å². The molecule has 0 aliphatic carbocycles. The number of aliphatic carboxylic acids is 1. The Hall–Kier alpha value is -2.96. The summed E-state index contributed by atoms with van der Waals surface area (Å²) in [7, 11) is 0. The quantitative estimate of drug-likeness (QED) is 0.497. The maximum Gasteiger partial charge on any atom is 0.323 e. The number of carboxylic acid groups (broad SMARTS) is 1. The lowest BCUT2D eigenvalue weighted by Crippen LogP contribution is -2.29. The van der Waals surface area contributed by atoms with E-state index in [1.165, 1.54) is 18.5 Å². The minimum absolute atomic E-state index is 0.0595. The van der Waals surface area contributed by atoms with Crippen LogP contribution in [0.5, 0.6) is 0 Å². The normalized spacial score (nSPS) is 10.3. The molecule has 7 heteroatoms. The molecule has 1 aromatic carbocycles. The number of non-ortho nitro benzene ring substituents is 1. The molecule has 2 rings (SSSR count). The van der Waals surface area contributed by atoms with Crippen LogP contribution in [-0.4, -0.2) is 34.1 Å². The predicted octanol–water partition coefficient (Wildman–Crippen LogP) is 2.22. The molecule has 0 unspecified atom stereocenters. The number of anilines is 1. The van der Waals surface area contributed by atoms with Crippen molar-refractivity contribution in [2.75, 3.05) is 18.0 Å². The summed E-state index contributed by atoms with van der Waals surface area (Å²) in [4.78, 5) is 27.0.